The lowest BCUT2D eigenvalue weighted by Gasteiger charge is -2.41. The van der Waals surface area contributed by atoms with E-state index in [1.54, 1.807) is 21.7 Å². The molecule has 1 spiro atoms. The van der Waals surface area contributed by atoms with Crippen LogP contribution in [0.1, 0.15) is 27.2 Å². The summed E-state index contributed by atoms with van der Waals surface area (Å²) in [6.07, 6.45) is 8.09. The van der Waals surface area contributed by atoms with Gasteiger partial charge in [0.2, 0.25) is 11.8 Å². The number of benzene rings is 2. The Morgan fingerprint density at radius 1 is 0.950 bits per heavy atom. The number of carbonyl (C=O) groups is 3. The van der Waals surface area contributed by atoms with Crippen molar-refractivity contribution < 1.29 is 24.2 Å². The molecule has 6 atom stereocenters. The van der Waals surface area contributed by atoms with Gasteiger partial charge in [-0.25, -0.2) is 0 Å². The molecule has 210 valence electrons. The SMILES string of the molecule is CC[C@@]12C=CCN(C)C(=O)[C@@H]1[C@H]1C(=O)N([C@@H](CO)C(C)C)C3C(=O)N(c4ccc5ccccc5c4)CC=C[C@@]31O2. The standard InChI is InChI=1S/C32H37N3O5/c1-5-31-14-8-16-33(4)28(37)25(31)26-29(38)35(24(19-36)20(2)3)27-30(39)34(17-9-15-32(26,27)40-31)23-13-12-21-10-6-7-11-22(21)18-23/h6-15,18,20,24-27,36H,5,16-17,19H2,1-4H3/t24-,25-,26-,27?,31+,32-/m0/s1. The number of hydrogen-bond donors (Lipinski definition) is 1. The molecule has 4 heterocycles. The third-order valence-electron chi connectivity index (χ3n) is 9.44. The van der Waals surface area contributed by atoms with Crippen LogP contribution in [0.4, 0.5) is 5.69 Å². The average molecular weight is 544 g/mol. The van der Waals surface area contributed by atoms with Gasteiger partial charge in [0.05, 0.1) is 30.1 Å². The normalized spacial score (nSPS) is 32.4. The highest BCUT2D eigenvalue weighted by Crippen LogP contribution is 2.59. The first-order chi connectivity index (χ1) is 19.2. The summed E-state index contributed by atoms with van der Waals surface area (Å²) >= 11 is 0. The second kappa shape index (κ2) is 9.56. The number of nitrogens with zero attached hydrogens (tertiary/aromatic N) is 3. The maximum absolute atomic E-state index is 14.7. The van der Waals surface area contributed by atoms with Crippen LogP contribution in [-0.4, -0.2) is 82.7 Å². The minimum absolute atomic E-state index is 0.123. The summed E-state index contributed by atoms with van der Waals surface area (Å²) in [6, 6.07) is 12.2. The second-order valence-corrected chi connectivity index (χ2v) is 11.9. The van der Waals surface area contributed by atoms with Crippen molar-refractivity contribution >= 4 is 34.2 Å². The Hall–Kier alpha value is -3.49. The van der Waals surface area contributed by atoms with E-state index in [1.165, 1.54) is 0 Å². The summed E-state index contributed by atoms with van der Waals surface area (Å²) in [5.74, 6) is -2.54. The molecule has 6 rings (SSSR count). The Bertz CT molecular complexity index is 1430. The molecule has 0 saturated carbocycles. The maximum atomic E-state index is 14.7. The Morgan fingerprint density at radius 3 is 2.38 bits per heavy atom. The highest BCUT2D eigenvalue weighted by atomic mass is 16.5. The quantitative estimate of drug-likeness (QED) is 0.586. The lowest BCUT2D eigenvalue weighted by Crippen LogP contribution is -2.60. The molecule has 4 aliphatic heterocycles. The summed E-state index contributed by atoms with van der Waals surface area (Å²) in [6.45, 7) is 6.24. The number of aliphatic hydroxyl groups is 1. The number of rotatable bonds is 5. The van der Waals surface area contributed by atoms with Gasteiger partial charge in [-0.1, -0.05) is 75.4 Å². The van der Waals surface area contributed by atoms with Crippen LogP contribution >= 0.6 is 0 Å². The van der Waals surface area contributed by atoms with Gasteiger partial charge in [-0.15, -0.1) is 0 Å². The third-order valence-corrected chi connectivity index (χ3v) is 9.44. The molecule has 8 nitrogen and oxygen atoms in total. The fraction of sp³-hybridized carbons (Fsp3) is 0.469. The first kappa shape index (κ1) is 26.7. The van der Waals surface area contributed by atoms with E-state index in [4.69, 9.17) is 4.74 Å². The van der Waals surface area contributed by atoms with Crippen LogP contribution in [0, 0.1) is 17.8 Å². The van der Waals surface area contributed by atoms with Gasteiger partial charge in [0.25, 0.3) is 5.91 Å². The highest BCUT2D eigenvalue weighted by molar-refractivity contribution is 6.07. The van der Waals surface area contributed by atoms with Crippen LogP contribution in [-0.2, 0) is 19.1 Å². The van der Waals surface area contributed by atoms with E-state index in [9.17, 15) is 19.5 Å². The summed E-state index contributed by atoms with van der Waals surface area (Å²) in [5.41, 5.74) is -1.64. The molecule has 0 aromatic heterocycles. The van der Waals surface area contributed by atoms with E-state index in [0.717, 1.165) is 16.5 Å². The van der Waals surface area contributed by atoms with Crippen molar-refractivity contribution in [2.75, 3.05) is 31.6 Å². The molecular formula is C32H37N3O5. The van der Waals surface area contributed by atoms with Crippen molar-refractivity contribution in [1.29, 1.82) is 0 Å². The van der Waals surface area contributed by atoms with Crippen molar-refractivity contribution in [1.82, 2.24) is 9.80 Å². The molecule has 2 fully saturated rings. The van der Waals surface area contributed by atoms with Crippen LogP contribution in [0.3, 0.4) is 0 Å². The molecule has 1 unspecified atom stereocenters. The van der Waals surface area contributed by atoms with E-state index < -0.39 is 35.1 Å². The number of likely N-dealkylation sites (N-methyl/N-ethyl adjacent to an activating group) is 1. The zero-order chi connectivity index (χ0) is 28.4. The number of hydrogen-bond acceptors (Lipinski definition) is 5. The van der Waals surface area contributed by atoms with Gasteiger partial charge >= 0.3 is 0 Å². The summed E-state index contributed by atoms with van der Waals surface area (Å²) in [7, 11) is 1.73. The lowest BCUT2D eigenvalue weighted by atomic mass is 9.73. The smallest absolute Gasteiger partial charge is 0.253 e. The molecule has 0 bridgehead atoms. The van der Waals surface area contributed by atoms with Gasteiger partial charge in [0.1, 0.15) is 11.6 Å². The monoisotopic (exact) mass is 543 g/mol. The van der Waals surface area contributed by atoms with Crippen molar-refractivity contribution in [2.24, 2.45) is 17.8 Å². The van der Waals surface area contributed by atoms with Crippen molar-refractivity contribution in [3.05, 3.63) is 66.8 Å². The van der Waals surface area contributed by atoms with E-state index in [0.29, 0.717) is 19.5 Å². The minimum atomic E-state index is -1.35. The number of anilines is 1. The topological polar surface area (TPSA) is 90.4 Å². The van der Waals surface area contributed by atoms with E-state index in [-0.39, 0.29) is 30.2 Å². The predicted octanol–water partition coefficient (Wildman–Crippen LogP) is 3.15. The summed E-state index contributed by atoms with van der Waals surface area (Å²) in [4.78, 5) is 48.0. The van der Waals surface area contributed by atoms with Crippen LogP contribution in [0.5, 0.6) is 0 Å². The zero-order valence-electron chi connectivity index (χ0n) is 23.5. The fourth-order valence-corrected chi connectivity index (χ4v) is 7.38. The van der Waals surface area contributed by atoms with Crippen molar-refractivity contribution in [3.63, 3.8) is 0 Å². The Morgan fingerprint density at radius 2 is 1.68 bits per heavy atom. The first-order valence-electron chi connectivity index (χ1n) is 14.2. The molecule has 3 amide bonds. The van der Waals surface area contributed by atoms with Crippen LogP contribution < -0.4 is 4.90 Å². The summed E-state index contributed by atoms with van der Waals surface area (Å²) in [5, 5.41) is 12.6. The zero-order valence-corrected chi connectivity index (χ0v) is 23.5. The number of aliphatic hydroxyl groups excluding tert-OH is 1. The fourth-order valence-electron chi connectivity index (χ4n) is 7.38. The lowest BCUT2D eigenvalue weighted by molar-refractivity contribution is -0.153. The molecule has 0 aliphatic carbocycles. The molecule has 8 heteroatoms. The number of likely N-dealkylation sites (tertiary alicyclic amines) is 1. The van der Waals surface area contributed by atoms with Crippen molar-refractivity contribution in [3.8, 4) is 0 Å². The van der Waals surface area contributed by atoms with Crippen LogP contribution in [0.25, 0.3) is 10.8 Å². The molecule has 2 saturated heterocycles. The highest BCUT2D eigenvalue weighted by Gasteiger charge is 2.76. The Kier molecular flexibility index (Phi) is 6.39. The second-order valence-electron chi connectivity index (χ2n) is 11.9. The predicted molar refractivity (Wildman–Crippen MR) is 152 cm³/mol. The van der Waals surface area contributed by atoms with Crippen LogP contribution in [0.15, 0.2) is 66.8 Å². The van der Waals surface area contributed by atoms with Gasteiger partial charge in [-0.3, -0.25) is 14.4 Å². The number of amides is 3. The van der Waals surface area contributed by atoms with Gasteiger partial charge in [0.15, 0.2) is 0 Å². The molecule has 4 aliphatic rings. The van der Waals surface area contributed by atoms with Gasteiger partial charge < -0.3 is 24.5 Å². The molecule has 2 aromatic rings. The van der Waals surface area contributed by atoms with Gasteiger partial charge in [-0.05, 0) is 35.2 Å². The van der Waals surface area contributed by atoms with Gasteiger partial charge in [-0.2, -0.15) is 0 Å². The Balaban J connectivity index is 1.53. The number of carbonyl (C=O) groups excluding carboxylic acids is 3. The minimum Gasteiger partial charge on any atom is -0.394 e. The first-order valence-corrected chi connectivity index (χ1v) is 14.2. The van der Waals surface area contributed by atoms with Crippen molar-refractivity contribution in [2.45, 2.75) is 50.5 Å². The average Bonchev–Trinajstić information content (AvgIpc) is 3.24. The molecular weight excluding hydrogens is 506 g/mol. The molecule has 2 aromatic carbocycles. The van der Waals surface area contributed by atoms with E-state index in [2.05, 4.69) is 0 Å². The molecule has 40 heavy (non-hydrogen) atoms. The number of fused-ring (bicyclic) bond motifs is 3. The third kappa shape index (κ3) is 3.62. The van der Waals surface area contributed by atoms with Gasteiger partial charge in [0, 0.05) is 25.8 Å². The largest absolute Gasteiger partial charge is 0.394 e. The molecule has 0 radical (unpaired) electrons. The van der Waals surface area contributed by atoms with Crippen LogP contribution in [0.2, 0.25) is 0 Å². The maximum Gasteiger partial charge on any atom is 0.253 e. The Labute approximate surface area is 234 Å². The number of ether oxygens (including phenoxy) is 1. The molecule has 1 N–H and O–H groups in total. The summed E-state index contributed by atoms with van der Waals surface area (Å²) < 4.78 is 6.98. The van der Waals surface area contributed by atoms with E-state index >= 15 is 0 Å². The van der Waals surface area contributed by atoms with E-state index in [1.807, 2.05) is 87.5 Å².